The average molecular weight is 1830 g/mol. The van der Waals surface area contributed by atoms with Crippen LogP contribution in [0, 0.1) is 35.5 Å². The van der Waals surface area contributed by atoms with Crippen LogP contribution in [0.2, 0.25) is 0 Å². The van der Waals surface area contributed by atoms with Crippen molar-refractivity contribution in [1.29, 1.82) is 0 Å². The molecule has 9 amide bonds. The van der Waals surface area contributed by atoms with Crippen molar-refractivity contribution in [2.75, 3.05) is 112 Å². The first-order valence-corrected chi connectivity index (χ1v) is 46.9. The summed E-state index contributed by atoms with van der Waals surface area (Å²) < 4.78 is 76.5. The van der Waals surface area contributed by atoms with E-state index in [0.717, 1.165) is 50.5 Å². The molecule has 0 saturated carbocycles. The van der Waals surface area contributed by atoms with Crippen LogP contribution in [0.15, 0.2) is 30.3 Å². The summed E-state index contributed by atoms with van der Waals surface area (Å²) in [6, 6.07) is 8.25. The molecule has 36 nitrogen and oxygen atoms in total. The maximum Gasteiger partial charge on any atom is 0.306 e. The van der Waals surface area contributed by atoms with Gasteiger partial charge in [-0.05, 0) is 118 Å². The Kier molecular flexibility index (Phi) is 57.9. The molecular formula is C93H155N9O27. The first-order chi connectivity index (χ1) is 61.8. The zero-order valence-electron chi connectivity index (χ0n) is 78.9. The highest BCUT2D eigenvalue weighted by Crippen LogP contribution is 2.35. The van der Waals surface area contributed by atoms with Crippen LogP contribution in [0.1, 0.15) is 262 Å². The Morgan fingerprint density at radius 2 is 0.620 bits per heavy atom. The number of hydrogen-bond donors (Lipinski definition) is 9. The lowest BCUT2D eigenvalue weighted by molar-refractivity contribution is -0.244. The molecule has 9 N–H and O–H groups in total. The van der Waals surface area contributed by atoms with Crippen LogP contribution in [0.4, 0.5) is 0 Å². The second-order valence-corrected chi connectivity index (χ2v) is 34.5. The molecule has 3 aliphatic rings. The van der Waals surface area contributed by atoms with Crippen LogP contribution in [-0.2, 0) is 135 Å². The Morgan fingerprint density at radius 1 is 0.318 bits per heavy atom. The average Bonchev–Trinajstić information content (AvgIpc) is 0.814. The Balaban J connectivity index is 1.31. The van der Waals surface area contributed by atoms with E-state index >= 15 is 0 Å². The fourth-order valence-corrected chi connectivity index (χ4v) is 15.2. The van der Waals surface area contributed by atoms with Crippen molar-refractivity contribution in [2.45, 2.75) is 324 Å². The normalized spacial score (nSPS) is 22.3. The lowest BCUT2D eigenvalue weighted by Gasteiger charge is -2.44. The molecule has 3 fully saturated rings. The van der Waals surface area contributed by atoms with Gasteiger partial charge >= 0.3 is 23.9 Å². The van der Waals surface area contributed by atoms with Gasteiger partial charge in [-0.1, -0.05) is 110 Å². The smallest absolute Gasteiger partial charge is 0.306 e. The van der Waals surface area contributed by atoms with Crippen LogP contribution in [0.3, 0.4) is 0 Å². The summed E-state index contributed by atoms with van der Waals surface area (Å²) in [4.78, 5) is 176. The van der Waals surface area contributed by atoms with E-state index in [9.17, 15) is 67.1 Å². The van der Waals surface area contributed by atoms with Gasteiger partial charge in [-0.3, -0.25) is 67.1 Å². The number of rotatable bonds is 69. The molecule has 129 heavy (non-hydrogen) atoms. The van der Waals surface area contributed by atoms with E-state index in [1.54, 1.807) is 0 Å². The SMILES string of the molecule is CC(=O)NC1C(OCCCCC(=O)CCCCNC(=O)CCOCC(COCCC(=O)NCCCNC(=O)CCCCOC2OC(COC(C)=O)C(C)C(C)C2NC(C)=O)(COCCC(=O)NCCCNC(=O)CCCCOC2OC(COC(C)=O)C(C)C(C)C2NC(C)=O)NC(=O)CCCCCCCCCCC(=O)OCc2ccccc2)OC(COC(C)=O)C(C)C1C. The molecule has 0 spiro atoms. The van der Waals surface area contributed by atoms with Crippen molar-refractivity contribution in [3.8, 4) is 0 Å². The zero-order chi connectivity index (χ0) is 94.7. The number of nitrogens with one attached hydrogen (secondary N) is 9. The van der Waals surface area contributed by atoms with Crippen molar-refractivity contribution in [3.63, 3.8) is 0 Å². The molecule has 36 heteroatoms. The molecule has 1 aromatic carbocycles. The second-order valence-electron chi connectivity index (χ2n) is 34.5. The predicted octanol–water partition coefficient (Wildman–Crippen LogP) is 7.56. The number of benzene rings is 1. The number of Topliss-reactive ketones (excluding diaryl/α,β-unsaturated/α-hetero) is 1. The summed E-state index contributed by atoms with van der Waals surface area (Å²) in [6.45, 7) is 21.8. The van der Waals surface area contributed by atoms with E-state index in [1.807, 2.05) is 71.9 Å². The third-order valence-electron chi connectivity index (χ3n) is 23.4. The second kappa shape index (κ2) is 66.1. The van der Waals surface area contributed by atoms with Gasteiger partial charge in [-0.15, -0.1) is 0 Å². The molecule has 3 saturated heterocycles. The van der Waals surface area contributed by atoms with Crippen LogP contribution in [-0.4, -0.2) is 256 Å². The van der Waals surface area contributed by atoms with E-state index in [-0.39, 0.29) is 238 Å². The number of unbranched alkanes of at least 4 members (excludes halogenated alkanes) is 11. The van der Waals surface area contributed by atoms with E-state index in [1.165, 1.54) is 41.5 Å². The van der Waals surface area contributed by atoms with Crippen molar-refractivity contribution in [1.82, 2.24) is 47.9 Å². The Labute approximate surface area is 763 Å². The van der Waals surface area contributed by atoms with Gasteiger partial charge in [-0.2, -0.15) is 0 Å². The van der Waals surface area contributed by atoms with Crippen LogP contribution in [0.5, 0.6) is 0 Å². The number of ether oxygens (including phenoxy) is 13. The molecule has 15 atom stereocenters. The molecule has 0 aliphatic carbocycles. The van der Waals surface area contributed by atoms with Gasteiger partial charge in [0.1, 0.15) is 37.7 Å². The molecule has 734 valence electrons. The van der Waals surface area contributed by atoms with Crippen molar-refractivity contribution in [3.05, 3.63) is 35.9 Å². The van der Waals surface area contributed by atoms with Gasteiger partial charge in [0.05, 0.1) is 76.1 Å². The first kappa shape index (κ1) is 113. The van der Waals surface area contributed by atoms with E-state index in [4.69, 9.17) is 61.6 Å². The number of ketones is 1. The van der Waals surface area contributed by atoms with Gasteiger partial charge in [-0.25, -0.2) is 0 Å². The monoisotopic (exact) mass is 1830 g/mol. The van der Waals surface area contributed by atoms with Crippen molar-refractivity contribution in [2.24, 2.45) is 35.5 Å². The molecule has 4 rings (SSSR count). The fourth-order valence-electron chi connectivity index (χ4n) is 15.2. The minimum Gasteiger partial charge on any atom is -0.463 e. The number of carbonyl (C=O) groups excluding carboxylic acids is 14. The van der Waals surface area contributed by atoms with E-state index < -0.39 is 78.8 Å². The van der Waals surface area contributed by atoms with Crippen molar-refractivity contribution >= 4 is 82.8 Å². The maximum absolute atomic E-state index is 14.1. The van der Waals surface area contributed by atoms with E-state index in [0.29, 0.717) is 110 Å². The van der Waals surface area contributed by atoms with Gasteiger partial charge in [0.15, 0.2) is 18.9 Å². The molecule has 0 bridgehead atoms. The lowest BCUT2D eigenvalue weighted by Crippen LogP contribution is -2.58. The summed E-state index contributed by atoms with van der Waals surface area (Å²) in [5.74, 6) is -4.05. The van der Waals surface area contributed by atoms with Gasteiger partial charge in [0, 0.05) is 152 Å². The first-order valence-electron chi connectivity index (χ1n) is 46.9. The Hall–Kier alpha value is -8.36. The maximum atomic E-state index is 14.1. The topological polar surface area (TPSA) is 467 Å². The zero-order valence-corrected chi connectivity index (χ0v) is 78.9. The lowest BCUT2D eigenvalue weighted by atomic mass is 9.82. The Bertz CT molecular complexity index is 3210. The minimum atomic E-state index is -1.38. The molecule has 0 radical (unpaired) electrons. The summed E-state index contributed by atoms with van der Waals surface area (Å²) in [5, 5.41) is 26.3. The fraction of sp³-hybridized carbons (Fsp3) is 0.785. The quantitative estimate of drug-likeness (QED) is 0.0172. The largest absolute Gasteiger partial charge is 0.463 e. The molecule has 1 aromatic rings. The molecule has 15 unspecified atom stereocenters. The highest BCUT2D eigenvalue weighted by molar-refractivity contribution is 5.80. The van der Waals surface area contributed by atoms with E-state index in [2.05, 4.69) is 47.9 Å². The van der Waals surface area contributed by atoms with Gasteiger partial charge in [0.2, 0.25) is 53.2 Å². The summed E-state index contributed by atoms with van der Waals surface area (Å²) in [6.07, 6.45) is 9.60. The molecular weight excluding hydrogens is 1680 g/mol. The summed E-state index contributed by atoms with van der Waals surface area (Å²) in [5.41, 5.74) is -0.450. The predicted molar refractivity (Wildman–Crippen MR) is 476 cm³/mol. The Morgan fingerprint density at radius 3 is 0.969 bits per heavy atom. The summed E-state index contributed by atoms with van der Waals surface area (Å²) >= 11 is 0. The molecule has 3 aliphatic heterocycles. The highest BCUT2D eigenvalue weighted by atomic mass is 16.7. The minimum absolute atomic E-state index is 0.0368. The van der Waals surface area contributed by atoms with Crippen molar-refractivity contribution < 1.29 is 129 Å². The number of carbonyl (C=O) groups is 14. The summed E-state index contributed by atoms with van der Waals surface area (Å²) in [7, 11) is 0. The van der Waals surface area contributed by atoms with Crippen LogP contribution >= 0.6 is 0 Å². The molecule has 3 heterocycles. The number of amides is 9. The highest BCUT2D eigenvalue weighted by Gasteiger charge is 2.46. The third-order valence-corrected chi connectivity index (χ3v) is 23.4. The number of hydrogen-bond acceptors (Lipinski definition) is 27. The van der Waals surface area contributed by atoms with Gasteiger partial charge < -0.3 is 109 Å². The third kappa shape index (κ3) is 50.2. The standard InChI is InChI=1S/C93H155N9O27/c1-63-66(4)87(99-69(7)103)90(127-77(63)57-123-72(10)106)120-50-29-25-37-76(109)36-24-28-45-94-82(112)42-53-117-60-93(102-85(115)40-22-17-15-13-14-16-18-23-41-86(116)126-56-75-34-20-19-21-35-75,61-118-54-43-83(113)97-48-32-46-95-80(110)38-26-30-51-121-91-88(100-70(8)104)67(5)64(2)78(128-91)58-124-73(11)107)62-119-55-44-84(114)98-49-33-47-96-81(111)39-27-31-52-122-92-89(101-71(9)105)68(6)65(3)79(129-92)59-125-74(12)108/h19-21,34-35,63-68,77-79,87-92H,13-18,22-33,36-62H2,1-12H3,(H,94,112)(H,95,110)(H,96,111)(H,97,113)(H,98,114)(H,99,103)(H,100,104)(H,101,105)(H,102,115). The number of esters is 4. The van der Waals surface area contributed by atoms with Crippen LogP contribution < -0.4 is 47.9 Å². The van der Waals surface area contributed by atoms with Gasteiger partial charge in [0.25, 0.3) is 0 Å². The van der Waals surface area contributed by atoms with Crippen LogP contribution in [0.25, 0.3) is 0 Å². The molecule has 0 aromatic heterocycles.